The van der Waals surface area contributed by atoms with E-state index in [0.29, 0.717) is 16.3 Å². The molecule has 1 aromatic heterocycles. The zero-order valence-corrected chi connectivity index (χ0v) is 12.6. The lowest BCUT2D eigenvalue weighted by atomic mass is 10.2. The molecule has 0 saturated heterocycles. The van der Waals surface area contributed by atoms with Gasteiger partial charge in [-0.2, -0.15) is 0 Å². The summed E-state index contributed by atoms with van der Waals surface area (Å²) in [4.78, 5) is 25.7. The number of nitrogens with zero attached hydrogens (tertiary/aromatic N) is 1. The third kappa shape index (κ3) is 3.17. The Bertz CT molecular complexity index is 904. The number of fused-ring (bicyclic) bond motifs is 1. The first-order chi connectivity index (χ1) is 11.0. The highest BCUT2D eigenvalue weighted by Gasteiger charge is 2.14. The van der Waals surface area contributed by atoms with Gasteiger partial charge in [0, 0.05) is 34.1 Å². The summed E-state index contributed by atoms with van der Waals surface area (Å²) in [6.07, 6.45) is 0. The van der Waals surface area contributed by atoms with Crippen molar-refractivity contribution < 1.29 is 9.72 Å². The number of rotatable bonds is 4. The molecule has 116 valence electrons. The minimum atomic E-state index is -0.466. The number of aromatic amines is 1. The van der Waals surface area contributed by atoms with Crippen LogP contribution in [0.1, 0.15) is 16.1 Å². The Morgan fingerprint density at radius 2 is 2.00 bits per heavy atom. The van der Waals surface area contributed by atoms with Crippen LogP contribution in [-0.2, 0) is 6.54 Å². The molecule has 0 aliphatic rings. The van der Waals surface area contributed by atoms with Crippen LogP contribution < -0.4 is 5.32 Å². The van der Waals surface area contributed by atoms with Crippen LogP contribution in [0, 0.1) is 10.1 Å². The van der Waals surface area contributed by atoms with Gasteiger partial charge in [0.1, 0.15) is 5.69 Å². The standard InChI is InChI=1S/C16H12ClN3O3/c17-12-5-6-13-11(7-12)8-14(19-13)16(21)18-9-10-3-1-2-4-15(10)20(22)23/h1-8,19H,9H2,(H,18,21). The van der Waals surface area contributed by atoms with Crippen molar-refractivity contribution in [3.05, 3.63) is 74.9 Å². The third-order valence-corrected chi connectivity index (χ3v) is 3.69. The van der Waals surface area contributed by atoms with E-state index in [4.69, 9.17) is 11.6 Å². The molecule has 0 aliphatic carbocycles. The van der Waals surface area contributed by atoms with Crippen LogP contribution in [-0.4, -0.2) is 15.8 Å². The van der Waals surface area contributed by atoms with Gasteiger partial charge in [-0.15, -0.1) is 0 Å². The van der Waals surface area contributed by atoms with E-state index in [-0.39, 0.29) is 18.1 Å². The molecular weight excluding hydrogens is 318 g/mol. The summed E-state index contributed by atoms with van der Waals surface area (Å²) in [5.74, 6) is -0.338. The molecule has 0 saturated carbocycles. The molecule has 6 nitrogen and oxygen atoms in total. The minimum Gasteiger partial charge on any atom is -0.351 e. The molecule has 23 heavy (non-hydrogen) atoms. The fourth-order valence-electron chi connectivity index (χ4n) is 2.33. The van der Waals surface area contributed by atoms with E-state index in [1.54, 1.807) is 42.5 Å². The lowest BCUT2D eigenvalue weighted by Crippen LogP contribution is -2.23. The maximum absolute atomic E-state index is 12.2. The molecule has 1 amide bonds. The van der Waals surface area contributed by atoms with Gasteiger partial charge in [0.15, 0.2) is 0 Å². The number of halogens is 1. The van der Waals surface area contributed by atoms with Gasteiger partial charge in [-0.25, -0.2) is 0 Å². The number of para-hydroxylation sites is 1. The lowest BCUT2D eigenvalue weighted by molar-refractivity contribution is -0.385. The minimum absolute atomic E-state index is 0.0174. The van der Waals surface area contributed by atoms with Crippen LogP contribution in [0.25, 0.3) is 10.9 Å². The second-order valence-corrected chi connectivity index (χ2v) is 5.42. The average molecular weight is 330 g/mol. The predicted octanol–water partition coefficient (Wildman–Crippen LogP) is 3.66. The highest BCUT2D eigenvalue weighted by molar-refractivity contribution is 6.31. The number of carbonyl (C=O) groups is 1. The zero-order valence-electron chi connectivity index (χ0n) is 11.9. The molecule has 0 spiro atoms. The number of hydrogen-bond donors (Lipinski definition) is 2. The Morgan fingerprint density at radius 1 is 1.22 bits per heavy atom. The van der Waals surface area contributed by atoms with Gasteiger partial charge in [0.05, 0.1) is 4.92 Å². The highest BCUT2D eigenvalue weighted by Crippen LogP contribution is 2.21. The summed E-state index contributed by atoms with van der Waals surface area (Å²) < 4.78 is 0. The maximum atomic E-state index is 12.2. The van der Waals surface area contributed by atoms with Gasteiger partial charge in [-0.1, -0.05) is 29.8 Å². The fraction of sp³-hybridized carbons (Fsp3) is 0.0625. The van der Waals surface area contributed by atoms with Crippen molar-refractivity contribution in [2.75, 3.05) is 0 Å². The average Bonchev–Trinajstić information content (AvgIpc) is 2.95. The summed E-state index contributed by atoms with van der Waals surface area (Å²) in [6.45, 7) is 0.0755. The summed E-state index contributed by atoms with van der Waals surface area (Å²) in [5.41, 5.74) is 1.60. The smallest absolute Gasteiger partial charge is 0.274 e. The molecule has 0 fully saturated rings. The maximum Gasteiger partial charge on any atom is 0.274 e. The van der Waals surface area contributed by atoms with Crippen molar-refractivity contribution in [1.29, 1.82) is 0 Å². The normalized spacial score (nSPS) is 10.7. The van der Waals surface area contributed by atoms with Crippen molar-refractivity contribution in [2.24, 2.45) is 0 Å². The number of hydrogen-bond acceptors (Lipinski definition) is 3. The SMILES string of the molecule is O=C(NCc1ccccc1[N+](=O)[O-])c1cc2cc(Cl)ccc2[nH]1. The van der Waals surface area contributed by atoms with E-state index >= 15 is 0 Å². The van der Waals surface area contributed by atoms with Crippen LogP contribution >= 0.6 is 11.6 Å². The third-order valence-electron chi connectivity index (χ3n) is 3.46. The Morgan fingerprint density at radius 3 is 2.78 bits per heavy atom. The van der Waals surface area contributed by atoms with Crippen LogP contribution in [0.3, 0.4) is 0 Å². The van der Waals surface area contributed by atoms with Crippen LogP contribution in [0.4, 0.5) is 5.69 Å². The van der Waals surface area contributed by atoms with Gasteiger partial charge in [-0.3, -0.25) is 14.9 Å². The van der Waals surface area contributed by atoms with Gasteiger partial charge in [0.2, 0.25) is 0 Å². The Labute approximate surface area is 136 Å². The van der Waals surface area contributed by atoms with E-state index in [0.717, 1.165) is 10.9 Å². The van der Waals surface area contributed by atoms with Crippen molar-refractivity contribution in [1.82, 2.24) is 10.3 Å². The number of aromatic nitrogens is 1. The van der Waals surface area contributed by atoms with Gasteiger partial charge in [-0.05, 0) is 24.3 Å². The Hall–Kier alpha value is -2.86. The Kier molecular flexibility index (Phi) is 3.99. The zero-order chi connectivity index (χ0) is 16.4. The first kappa shape index (κ1) is 15.1. The highest BCUT2D eigenvalue weighted by atomic mass is 35.5. The van der Waals surface area contributed by atoms with E-state index in [9.17, 15) is 14.9 Å². The number of nitro groups is 1. The number of benzene rings is 2. The second-order valence-electron chi connectivity index (χ2n) is 4.98. The fourth-order valence-corrected chi connectivity index (χ4v) is 2.52. The molecule has 3 aromatic rings. The van der Waals surface area contributed by atoms with Crippen LogP contribution in [0.5, 0.6) is 0 Å². The number of nitrogens with one attached hydrogen (secondary N) is 2. The first-order valence-corrected chi connectivity index (χ1v) is 7.21. The van der Waals surface area contributed by atoms with Gasteiger partial charge in [0.25, 0.3) is 11.6 Å². The van der Waals surface area contributed by atoms with E-state index in [1.165, 1.54) is 6.07 Å². The number of carbonyl (C=O) groups excluding carboxylic acids is 1. The van der Waals surface area contributed by atoms with Crippen molar-refractivity contribution in [3.8, 4) is 0 Å². The van der Waals surface area contributed by atoms with Crippen LogP contribution in [0.2, 0.25) is 5.02 Å². The molecule has 0 unspecified atom stereocenters. The summed E-state index contributed by atoms with van der Waals surface area (Å²) in [5, 5.41) is 15.1. The topological polar surface area (TPSA) is 88.0 Å². The quantitative estimate of drug-likeness (QED) is 0.565. The van der Waals surface area contributed by atoms with Gasteiger partial charge >= 0.3 is 0 Å². The molecule has 2 aromatic carbocycles. The molecule has 0 radical (unpaired) electrons. The van der Waals surface area contributed by atoms with E-state index in [2.05, 4.69) is 10.3 Å². The summed E-state index contributed by atoms with van der Waals surface area (Å²) in [6, 6.07) is 13.3. The summed E-state index contributed by atoms with van der Waals surface area (Å²) >= 11 is 5.92. The molecule has 0 aliphatic heterocycles. The lowest BCUT2D eigenvalue weighted by Gasteiger charge is -2.04. The number of amides is 1. The largest absolute Gasteiger partial charge is 0.351 e. The van der Waals surface area contributed by atoms with E-state index in [1.807, 2.05) is 0 Å². The molecular formula is C16H12ClN3O3. The monoisotopic (exact) mass is 329 g/mol. The molecule has 7 heteroatoms. The second kappa shape index (κ2) is 6.10. The summed E-state index contributed by atoms with van der Waals surface area (Å²) in [7, 11) is 0. The number of H-pyrrole nitrogens is 1. The number of nitro benzene ring substituents is 1. The molecule has 1 heterocycles. The molecule has 0 bridgehead atoms. The van der Waals surface area contributed by atoms with Crippen molar-refractivity contribution >= 4 is 34.1 Å². The van der Waals surface area contributed by atoms with Crippen molar-refractivity contribution in [2.45, 2.75) is 6.54 Å². The van der Waals surface area contributed by atoms with Crippen molar-refractivity contribution in [3.63, 3.8) is 0 Å². The molecule has 0 atom stereocenters. The Balaban J connectivity index is 1.77. The molecule has 3 rings (SSSR count). The van der Waals surface area contributed by atoms with Crippen LogP contribution in [0.15, 0.2) is 48.5 Å². The first-order valence-electron chi connectivity index (χ1n) is 6.83. The molecule has 2 N–H and O–H groups in total. The van der Waals surface area contributed by atoms with Gasteiger partial charge < -0.3 is 10.3 Å². The van der Waals surface area contributed by atoms with E-state index < -0.39 is 4.92 Å². The predicted molar refractivity (Wildman–Crippen MR) is 87.6 cm³/mol.